The Morgan fingerprint density at radius 1 is 1.10 bits per heavy atom. The minimum atomic E-state index is -4.46. The molecule has 4 aromatic rings. The van der Waals surface area contributed by atoms with Gasteiger partial charge in [-0.15, -0.1) is 0 Å². The third-order valence-corrected chi connectivity index (χ3v) is 7.27. The summed E-state index contributed by atoms with van der Waals surface area (Å²) in [4.78, 5) is 26.2. The number of rotatable bonds is 11. The first kappa shape index (κ1) is 27.6. The molecular weight excluding hydrogens is 554 g/mol. The summed E-state index contributed by atoms with van der Waals surface area (Å²) in [5.41, 5.74) is -0.843. The largest absolute Gasteiger partial charge is 0.468 e. The van der Waals surface area contributed by atoms with Gasteiger partial charge in [-0.1, -0.05) is 28.6 Å². The standard InChI is InChI=1S/C26H23F4N5O4S/c1-37-6-7-38-24-33-14-18(40-24)10-21-31-12-17(13-32-21)15-2-3-16(19(27)8-15)9-23(36)34-22-11-20(39-35-22)25(4-5-25)26(28,29)30/h2-3,8,11-14H,4-7,9-10H2,1H3,(H,34,35,36). The van der Waals surface area contributed by atoms with Gasteiger partial charge in [0.1, 0.15) is 23.7 Å². The molecule has 1 N–H and O–H groups in total. The van der Waals surface area contributed by atoms with Crippen LogP contribution in [0.4, 0.5) is 23.4 Å². The van der Waals surface area contributed by atoms with Crippen LogP contribution in [0.25, 0.3) is 11.1 Å². The Kier molecular flexibility index (Phi) is 7.81. The van der Waals surface area contributed by atoms with E-state index in [9.17, 15) is 22.4 Å². The van der Waals surface area contributed by atoms with Crippen molar-refractivity contribution in [2.45, 2.75) is 37.3 Å². The number of anilines is 1. The number of carbonyl (C=O) groups excluding carboxylic acids is 1. The minimum Gasteiger partial charge on any atom is -0.468 e. The van der Waals surface area contributed by atoms with E-state index < -0.39 is 23.3 Å². The van der Waals surface area contributed by atoms with Gasteiger partial charge in [-0.2, -0.15) is 13.2 Å². The van der Waals surface area contributed by atoms with Crippen LogP contribution in [-0.4, -0.2) is 52.5 Å². The fourth-order valence-corrected chi connectivity index (χ4v) is 4.76. The van der Waals surface area contributed by atoms with Crippen LogP contribution in [0.3, 0.4) is 0 Å². The molecule has 3 aromatic heterocycles. The van der Waals surface area contributed by atoms with Crippen molar-refractivity contribution >= 4 is 23.1 Å². The second-order valence-electron chi connectivity index (χ2n) is 9.19. The number of nitrogens with one attached hydrogen (secondary N) is 1. The highest BCUT2D eigenvalue weighted by molar-refractivity contribution is 7.13. The van der Waals surface area contributed by atoms with Gasteiger partial charge in [-0.3, -0.25) is 4.79 Å². The van der Waals surface area contributed by atoms with Crippen LogP contribution in [0.1, 0.15) is 34.9 Å². The molecule has 9 nitrogen and oxygen atoms in total. The summed E-state index contributed by atoms with van der Waals surface area (Å²) in [6, 6.07) is 5.41. The number of nitrogens with zero attached hydrogens (tertiary/aromatic N) is 4. The highest BCUT2D eigenvalue weighted by Crippen LogP contribution is 2.59. The van der Waals surface area contributed by atoms with Crippen molar-refractivity contribution in [1.82, 2.24) is 20.1 Å². The molecule has 3 heterocycles. The van der Waals surface area contributed by atoms with Gasteiger partial charge >= 0.3 is 6.18 Å². The van der Waals surface area contributed by atoms with Crippen LogP contribution in [0.5, 0.6) is 5.19 Å². The van der Waals surface area contributed by atoms with E-state index in [-0.39, 0.29) is 36.4 Å². The first-order valence-corrected chi connectivity index (χ1v) is 13.0. The number of hydrogen-bond acceptors (Lipinski definition) is 9. The second-order valence-corrected chi connectivity index (χ2v) is 10.3. The van der Waals surface area contributed by atoms with Gasteiger partial charge in [0.25, 0.3) is 5.19 Å². The monoisotopic (exact) mass is 577 g/mol. The average molecular weight is 578 g/mol. The highest BCUT2D eigenvalue weighted by Gasteiger charge is 2.66. The van der Waals surface area contributed by atoms with E-state index in [1.54, 1.807) is 31.8 Å². The molecule has 0 spiro atoms. The molecule has 1 aliphatic rings. The number of halogens is 4. The van der Waals surface area contributed by atoms with Gasteiger partial charge in [0.2, 0.25) is 5.91 Å². The summed E-state index contributed by atoms with van der Waals surface area (Å²) >= 11 is 1.39. The van der Waals surface area contributed by atoms with Crippen LogP contribution in [0.15, 0.2) is 47.4 Å². The van der Waals surface area contributed by atoms with Crippen LogP contribution in [-0.2, 0) is 27.8 Å². The number of carbonyl (C=O) groups is 1. The molecule has 40 heavy (non-hydrogen) atoms. The molecule has 0 atom stereocenters. The molecule has 1 aliphatic carbocycles. The second kappa shape index (κ2) is 11.3. The van der Waals surface area contributed by atoms with E-state index >= 15 is 0 Å². The van der Waals surface area contributed by atoms with Crippen molar-refractivity contribution in [3.63, 3.8) is 0 Å². The molecule has 14 heteroatoms. The molecule has 5 rings (SSSR count). The SMILES string of the molecule is COCCOc1ncc(Cc2ncc(-c3ccc(CC(=O)Nc4cc(C5(C(F)(F)F)CC5)on4)c(F)c3)cn2)s1. The van der Waals surface area contributed by atoms with Crippen molar-refractivity contribution in [3.8, 4) is 16.3 Å². The van der Waals surface area contributed by atoms with E-state index in [1.165, 1.54) is 23.5 Å². The van der Waals surface area contributed by atoms with Crippen molar-refractivity contribution in [2.24, 2.45) is 0 Å². The lowest BCUT2D eigenvalue weighted by Gasteiger charge is -2.14. The number of thiazole rings is 1. The van der Waals surface area contributed by atoms with Crippen molar-refractivity contribution in [2.75, 3.05) is 25.6 Å². The predicted octanol–water partition coefficient (Wildman–Crippen LogP) is 5.12. The van der Waals surface area contributed by atoms with E-state index in [4.69, 9.17) is 14.0 Å². The quantitative estimate of drug-likeness (QED) is 0.193. The third kappa shape index (κ3) is 6.12. The van der Waals surface area contributed by atoms with E-state index in [0.717, 1.165) is 10.9 Å². The zero-order valence-electron chi connectivity index (χ0n) is 21.1. The van der Waals surface area contributed by atoms with E-state index in [0.29, 0.717) is 41.8 Å². The molecule has 1 fully saturated rings. The van der Waals surface area contributed by atoms with Crippen LogP contribution < -0.4 is 10.1 Å². The first-order chi connectivity index (χ1) is 19.2. The van der Waals surface area contributed by atoms with E-state index in [2.05, 4.69) is 25.4 Å². The summed E-state index contributed by atoms with van der Waals surface area (Å²) in [6.45, 7) is 0.871. The summed E-state index contributed by atoms with van der Waals surface area (Å²) in [6.07, 6.45) is 0.312. The van der Waals surface area contributed by atoms with E-state index in [1.807, 2.05) is 0 Å². The van der Waals surface area contributed by atoms with Gasteiger partial charge < -0.3 is 19.3 Å². The Hall–Kier alpha value is -3.91. The third-order valence-electron chi connectivity index (χ3n) is 6.36. The number of methoxy groups -OCH3 is 1. The Morgan fingerprint density at radius 3 is 2.55 bits per heavy atom. The zero-order valence-corrected chi connectivity index (χ0v) is 21.9. The van der Waals surface area contributed by atoms with Crippen LogP contribution in [0.2, 0.25) is 0 Å². The average Bonchev–Trinajstić information content (AvgIpc) is 3.43. The summed E-state index contributed by atoms with van der Waals surface area (Å²) in [7, 11) is 1.59. The number of aromatic nitrogens is 4. The Balaban J connectivity index is 1.17. The summed E-state index contributed by atoms with van der Waals surface area (Å²) < 4.78 is 69.8. The zero-order chi connectivity index (χ0) is 28.3. The molecule has 1 saturated carbocycles. The predicted molar refractivity (Wildman–Crippen MR) is 136 cm³/mol. The molecule has 0 aliphatic heterocycles. The smallest absolute Gasteiger partial charge is 0.401 e. The summed E-state index contributed by atoms with van der Waals surface area (Å²) in [5.74, 6) is -1.21. The molecule has 210 valence electrons. The maximum absolute atomic E-state index is 14.8. The van der Waals surface area contributed by atoms with Gasteiger partial charge in [0, 0.05) is 48.6 Å². The van der Waals surface area contributed by atoms with Gasteiger partial charge in [-0.05, 0) is 30.0 Å². The molecule has 0 bridgehead atoms. The Bertz CT molecular complexity index is 1480. The number of hydrogen-bond donors (Lipinski definition) is 1. The highest BCUT2D eigenvalue weighted by atomic mass is 32.1. The normalized spacial score (nSPS) is 14.2. The maximum atomic E-state index is 14.8. The Labute approximate surface area is 229 Å². The van der Waals surface area contributed by atoms with Crippen LogP contribution >= 0.6 is 11.3 Å². The van der Waals surface area contributed by atoms with Gasteiger partial charge in [-0.25, -0.2) is 19.3 Å². The van der Waals surface area contributed by atoms with Crippen molar-refractivity contribution in [3.05, 3.63) is 70.7 Å². The van der Waals surface area contributed by atoms with Crippen molar-refractivity contribution in [1.29, 1.82) is 0 Å². The van der Waals surface area contributed by atoms with Crippen molar-refractivity contribution < 1.29 is 36.4 Å². The molecule has 0 radical (unpaired) electrons. The molecule has 1 amide bonds. The molecule has 1 aromatic carbocycles. The Morgan fingerprint density at radius 2 is 1.88 bits per heavy atom. The number of ether oxygens (including phenoxy) is 2. The fraction of sp³-hybridized carbons (Fsp3) is 0.346. The lowest BCUT2D eigenvalue weighted by Crippen LogP contribution is -2.28. The molecular formula is C26H23F4N5O4S. The number of benzene rings is 1. The minimum absolute atomic E-state index is 0.0948. The fourth-order valence-electron chi connectivity index (χ4n) is 3.99. The summed E-state index contributed by atoms with van der Waals surface area (Å²) in [5, 5.41) is 6.41. The molecule has 0 saturated heterocycles. The lowest BCUT2D eigenvalue weighted by atomic mass is 10.0. The topological polar surface area (TPSA) is 112 Å². The lowest BCUT2D eigenvalue weighted by molar-refractivity contribution is -0.165. The number of alkyl halides is 3. The van der Waals surface area contributed by atoms with Gasteiger partial charge in [0.15, 0.2) is 11.6 Å². The number of amides is 1. The maximum Gasteiger partial charge on any atom is 0.401 e. The van der Waals surface area contributed by atoms with Gasteiger partial charge in [0.05, 0.1) is 13.0 Å². The molecule has 0 unspecified atom stereocenters. The van der Waals surface area contributed by atoms with Crippen LogP contribution in [0, 0.1) is 5.82 Å². The first-order valence-electron chi connectivity index (χ1n) is 12.2.